The lowest BCUT2D eigenvalue weighted by atomic mass is 9.64. The minimum Gasteiger partial charge on any atom is -0.478 e. The standard InChI is InChI=1S/C28H24ClN3O5/c1-2-28-21(33)13-27(37-28,11-12-36-22-10-8-17(29)15-31-22)23-24(28)26(35)32(25(23)34)20-9-7-16(14-30)18-5-3-4-6-19(18)20/h3-10,15,21,23-24,33H,2,11-13H2,1H3/t21-,23+,24-,27+,28-/m0/s1. The van der Waals surface area contributed by atoms with Crippen LogP contribution in [0.1, 0.15) is 31.7 Å². The maximum atomic E-state index is 14.0. The predicted octanol–water partition coefficient (Wildman–Crippen LogP) is 4.02. The molecule has 2 aromatic carbocycles. The van der Waals surface area contributed by atoms with Crippen LogP contribution < -0.4 is 9.64 Å². The van der Waals surface area contributed by atoms with E-state index in [9.17, 15) is 20.0 Å². The van der Waals surface area contributed by atoms with E-state index >= 15 is 0 Å². The summed E-state index contributed by atoms with van der Waals surface area (Å²) in [5.74, 6) is -1.91. The number of fused-ring (bicyclic) bond motifs is 6. The SMILES string of the molecule is CC[C@]12O[C@](CCOc3ccc(Cl)cn3)(C[C@@H]1O)[C@H]1C(=O)N(c3ccc(C#N)c4ccccc34)C(=O)[C@H]12. The van der Waals surface area contributed by atoms with Crippen LogP contribution in [-0.4, -0.2) is 45.8 Å². The van der Waals surface area contributed by atoms with Gasteiger partial charge in [-0.25, -0.2) is 9.88 Å². The van der Waals surface area contributed by atoms with E-state index in [2.05, 4.69) is 11.1 Å². The third-order valence-electron chi connectivity index (χ3n) is 8.19. The summed E-state index contributed by atoms with van der Waals surface area (Å²) < 4.78 is 12.3. The second-order valence-electron chi connectivity index (χ2n) is 9.87. The Morgan fingerprint density at radius 1 is 1.16 bits per heavy atom. The van der Waals surface area contributed by atoms with Gasteiger partial charge in [-0.2, -0.15) is 5.26 Å². The van der Waals surface area contributed by atoms with Crippen LogP contribution in [0, 0.1) is 23.2 Å². The molecular formula is C28H24ClN3O5. The first-order valence-corrected chi connectivity index (χ1v) is 12.7. The molecule has 9 heteroatoms. The first-order valence-electron chi connectivity index (χ1n) is 12.3. The smallest absolute Gasteiger partial charge is 0.240 e. The number of carbonyl (C=O) groups is 2. The maximum Gasteiger partial charge on any atom is 0.240 e. The summed E-state index contributed by atoms with van der Waals surface area (Å²) in [5.41, 5.74) is -1.29. The average Bonchev–Trinajstić information content (AvgIpc) is 3.47. The van der Waals surface area contributed by atoms with Gasteiger partial charge in [0.25, 0.3) is 0 Å². The molecule has 3 aromatic rings. The molecule has 0 spiro atoms. The number of rotatable bonds is 6. The quantitative estimate of drug-likeness (QED) is 0.491. The number of hydrogen-bond donors (Lipinski definition) is 1. The topological polar surface area (TPSA) is 113 Å². The molecule has 3 aliphatic rings. The molecule has 3 saturated heterocycles. The Hall–Kier alpha value is -3.51. The lowest BCUT2D eigenvalue weighted by Crippen LogP contribution is -2.51. The summed E-state index contributed by atoms with van der Waals surface area (Å²) >= 11 is 5.90. The lowest BCUT2D eigenvalue weighted by molar-refractivity contribution is -0.137. The second kappa shape index (κ2) is 8.52. The highest BCUT2D eigenvalue weighted by atomic mass is 35.5. The number of anilines is 1. The Kier molecular flexibility index (Phi) is 5.50. The number of amides is 2. The van der Waals surface area contributed by atoms with Gasteiger partial charge >= 0.3 is 0 Å². The molecule has 5 atom stereocenters. The minimum absolute atomic E-state index is 0.186. The molecule has 188 valence electrons. The first kappa shape index (κ1) is 23.9. The van der Waals surface area contributed by atoms with Crippen molar-refractivity contribution in [3.05, 3.63) is 65.3 Å². The third-order valence-corrected chi connectivity index (χ3v) is 8.41. The average molecular weight is 518 g/mol. The van der Waals surface area contributed by atoms with E-state index in [0.717, 1.165) is 0 Å². The maximum absolute atomic E-state index is 14.0. The number of aromatic nitrogens is 1. The number of benzene rings is 2. The Labute approximate surface area is 218 Å². The number of pyridine rings is 1. The van der Waals surface area contributed by atoms with E-state index in [4.69, 9.17) is 21.1 Å². The van der Waals surface area contributed by atoms with Crippen molar-refractivity contribution in [1.82, 2.24) is 4.98 Å². The number of carbonyl (C=O) groups excluding carboxylic acids is 2. The zero-order valence-electron chi connectivity index (χ0n) is 20.1. The van der Waals surface area contributed by atoms with Crippen LogP contribution in [0.25, 0.3) is 10.8 Å². The second-order valence-corrected chi connectivity index (χ2v) is 10.3. The van der Waals surface area contributed by atoms with E-state index in [0.29, 0.717) is 45.8 Å². The van der Waals surface area contributed by atoms with Crippen LogP contribution in [0.3, 0.4) is 0 Å². The molecule has 0 aliphatic carbocycles. The third kappa shape index (κ3) is 3.31. The Morgan fingerprint density at radius 3 is 2.62 bits per heavy atom. The Balaban J connectivity index is 1.37. The monoisotopic (exact) mass is 517 g/mol. The zero-order valence-corrected chi connectivity index (χ0v) is 20.8. The summed E-state index contributed by atoms with van der Waals surface area (Å²) in [6, 6.07) is 16.0. The zero-order chi connectivity index (χ0) is 25.9. The van der Waals surface area contributed by atoms with Gasteiger partial charge in [0.05, 0.1) is 52.5 Å². The van der Waals surface area contributed by atoms with E-state index in [1.165, 1.54) is 11.1 Å². The molecular weight excluding hydrogens is 494 g/mol. The Morgan fingerprint density at radius 2 is 1.92 bits per heavy atom. The van der Waals surface area contributed by atoms with E-state index < -0.39 is 29.1 Å². The summed E-state index contributed by atoms with van der Waals surface area (Å²) in [6.45, 7) is 2.05. The highest BCUT2D eigenvalue weighted by Crippen LogP contribution is 2.63. The van der Waals surface area contributed by atoms with Crippen molar-refractivity contribution >= 4 is 39.9 Å². The summed E-state index contributed by atoms with van der Waals surface area (Å²) in [6.07, 6.45) is 1.52. The van der Waals surface area contributed by atoms with Gasteiger partial charge in [-0.3, -0.25) is 9.59 Å². The molecule has 4 heterocycles. The number of hydrogen-bond acceptors (Lipinski definition) is 7. The highest BCUT2D eigenvalue weighted by Gasteiger charge is 2.77. The van der Waals surface area contributed by atoms with Gasteiger partial charge in [0.1, 0.15) is 5.60 Å². The first-order chi connectivity index (χ1) is 17.8. The molecule has 3 fully saturated rings. The summed E-state index contributed by atoms with van der Waals surface area (Å²) in [4.78, 5) is 33.4. The molecule has 0 unspecified atom stereocenters. The molecule has 6 rings (SSSR count). The van der Waals surface area contributed by atoms with E-state index in [1.54, 1.807) is 36.4 Å². The molecule has 2 bridgehead atoms. The van der Waals surface area contributed by atoms with Crippen molar-refractivity contribution in [2.45, 2.75) is 43.5 Å². The van der Waals surface area contributed by atoms with Crippen LogP contribution in [-0.2, 0) is 14.3 Å². The van der Waals surface area contributed by atoms with Crippen LogP contribution in [0.15, 0.2) is 54.7 Å². The number of aliphatic hydroxyl groups is 1. The van der Waals surface area contributed by atoms with Gasteiger partial charge in [0.2, 0.25) is 17.7 Å². The van der Waals surface area contributed by atoms with Gasteiger partial charge in [-0.1, -0.05) is 42.8 Å². The molecule has 2 amide bonds. The number of imide groups is 1. The van der Waals surface area contributed by atoms with Gasteiger partial charge in [0, 0.05) is 35.9 Å². The summed E-state index contributed by atoms with van der Waals surface area (Å²) in [7, 11) is 0. The highest BCUT2D eigenvalue weighted by molar-refractivity contribution is 6.30. The van der Waals surface area contributed by atoms with Gasteiger partial charge in [-0.15, -0.1) is 0 Å². The van der Waals surface area contributed by atoms with Crippen LogP contribution in [0.5, 0.6) is 5.88 Å². The normalized spacial score (nSPS) is 30.1. The fourth-order valence-corrected chi connectivity index (χ4v) is 6.68. The number of aliphatic hydroxyl groups excluding tert-OH is 1. The number of nitrogens with zero attached hydrogens (tertiary/aromatic N) is 3. The number of halogens is 1. The van der Waals surface area contributed by atoms with Crippen molar-refractivity contribution < 1.29 is 24.2 Å². The molecule has 8 nitrogen and oxygen atoms in total. The summed E-state index contributed by atoms with van der Waals surface area (Å²) in [5, 5.41) is 22.5. The van der Waals surface area contributed by atoms with Crippen molar-refractivity contribution in [3.8, 4) is 11.9 Å². The Bertz CT molecular complexity index is 1470. The molecule has 1 N–H and O–H groups in total. The van der Waals surface area contributed by atoms with Crippen LogP contribution >= 0.6 is 11.6 Å². The van der Waals surface area contributed by atoms with Gasteiger partial charge < -0.3 is 14.6 Å². The molecule has 1 aromatic heterocycles. The van der Waals surface area contributed by atoms with Crippen LogP contribution in [0.2, 0.25) is 5.02 Å². The van der Waals surface area contributed by atoms with Crippen molar-refractivity contribution in [2.75, 3.05) is 11.5 Å². The van der Waals surface area contributed by atoms with Gasteiger partial charge in [-0.05, 0) is 24.6 Å². The van der Waals surface area contributed by atoms with Crippen molar-refractivity contribution in [2.24, 2.45) is 11.8 Å². The predicted molar refractivity (Wildman–Crippen MR) is 135 cm³/mol. The van der Waals surface area contributed by atoms with E-state index in [-0.39, 0.29) is 24.8 Å². The van der Waals surface area contributed by atoms with Crippen molar-refractivity contribution in [3.63, 3.8) is 0 Å². The largest absolute Gasteiger partial charge is 0.478 e. The fraction of sp³-hybridized carbons (Fsp3) is 0.357. The number of nitriles is 1. The van der Waals surface area contributed by atoms with E-state index in [1.807, 2.05) is 19.1 Å². The molecule has 0 saturated carbocycles. The fourth-order valence-electron chi connectivity index (χ4n) is 6.57. The molecule has 37 heavy (non-hydrogen) atoms. The van der Waals surface area contributed by atoms with Crippen molar-refractivity contribution in [1.29, 1.82) is 5.26 Å². The number of ether oxygens (including phenoxy) is 2. The van der Waals surface area contributed by atoms with Crippen LogP contribution in [0.4, 0.5) is 5.69 Å². The molecule has 0 radical (unpaired) electrons. The minimum atomic E-state index is -1.15. The molecule has 3 aliphatic heterocycles. The lowest BCUT2D eigenvalue weighted by Gasteiger charge is -2.34. The van der Waals surface area contributed by atoms with Gasteiger partial charge in [0.15, 0.2) is 0 Å².